The van der Waals surface area contributed by atoms with Gasteiger partial charge in [-0.3, -0.25) is 10.6 Å². The predicted octanol–water partition coefficient (Wildman–Crippen LogP) is 9.49. The molecule has 0 fully saturated rings. The van der Waals surface area contributed by atoms with E-state index in [2.05, 4.69) is 144 Å². The van der Waals surface area contributed by atoms with Crippen LogP contribution in [0.2, 0.25) is 0 Å². The van der Waals surface area contributed by atoms with Crippen molar-refractivity contribution in [1.29, 1.82) is 0 Å². The monoisotopic (exact) mass is 567 g/mol. The van der Waals surface area contributed by atoms with Crippen LogP contribution in [0.25, 0.3) is 53.9 Å². The van der Waals surface area contributed by atoms with Crippen molar-refractivity contribution in [3.05, 3.63) is 168 Å². The molecule has 44 heavy (non-hydrogen) atoms. The van der Waals surface area contributed by atoms with E-state index in [0.29, 0.717) is 6.54 Å². The summed E-state index contributed by atoms with van der Waals surface area (Å²) in [6.45, 7) is 0.669. The molecule has 8 aromatic rings. The Labute approximate surface area is 256 Å². The van der Waals surface area contributed by atoms with Gasteiger partial charge in [0, 0.05) is 6.54 Å². The van der Waals surface area contributed by atoms with Gasteiger partial charge < -0.3 is 5.73 Å². The fourth-order valence-electron chi connectivity index (χ4n) is 6.84. The molecule has 2 unspecified atom stereocenters. The van der Waals surface area contributed by atoms with Crippen molar-refractivity contribution in [1.82, 2.24) is 10.6 Å². The van der Waals surface area contributed by atoms with Crippen LogP contribution in [0.1, 0.15) is 29.0 Å². The maximum absolute atomic E-state index is 6.89. The van der Waals surface area contributed by atoms with Crippen molar-refractivity contribution in [3.8, 4) is 0 Å². The van der Waals surface area contributed by atoms with Crippen molar-refractivity contribution in [2.24, 2.45) is 5.73 Å². The Balaban J connectivity index is 1.31. The van der Waals surface area contributed by atoms with Crippen molar-refractivity contribution in [2.45, 2.75) is 18.9 Å². The van der Waals surface area contributed by atoms with Gasteiger partial charge in [0.1, 0.15) is 0 Å². The molecule has 8 rings (SSSR count). The topological polar surface area (TPSA) is 50.1 Å². The molecular formula is C41H33N3. The highest BCUT2D eigenvalue weighted by Crippen LogP contribution is 2.37. The molecule has 3 nitrogen and oxygen atoms in total. The quantitative estimate of drug-likeness (QED) is 0.102. The number of fused-ring (bicyclic) bond motifs is 7. The Kier molecular flexibility index (Phi) is 6.77. The Morgan fingerprint density at radius 1 is 0.477 bits per heavy atom. The summed E-state index contributed by atoms with van der Waals surface area (Å²) in [4.78, 5) is 0. The van der Waals surface area contributed by atoms with Gasteiger partial charge in [0.2, 0.25) is 0 Å². The lowest BCUT2D eigenvalue weighted by Crippen LogP contribution is -2.40. The Morgan fingerprint density at radius 3 is 1.91 bits per heavy atom. The van der Waals surface area contributed by atoms with Crippen LogP contribution in [0, 0.1) is 0 Å². The van der Waals surface area contributed by atoms with Gasteiger partial charge in [-0.25, -0.2) is 0 Å². The fraction of sp³-hybridized carbons (Fsp3) is 0.0732. The molecule has 0 aliphatic heterocycles. The second-order valence-corrected chi connectivity index (χ2v) is 11.6. The van der Waals surface area contributed by atoms with Gasteiger partial charge in [0.25, 0.3) is 0 Å². The third-order valence-corrected chi connectivity index (χ3v) is 8.96. The molecule has 0 aromatic heterocycles. The second kappa shape index (κ2) is 11.2. The molecule has 212 valence electrons. The van der Waals surface area contributed by atoms with E-state index in [1.807, 2.05) is 18.2 Å². The minimum atomic E-state index is -0.364. The van der Waals surface area contributed by atoms with E-state index in [4.69, 9.17) is 5.73 Å². The van der Waals surface area contributed by atoms with Gasteiger partial charge >= 0.3 is 0 Å². The van der Waals surface area contributed by atoms with Gasteiger partial charge in [-0.05, 0) is 76.6 Å². The normalized spacial score (nSPS) is 13.2. The zero-order chi connectivity index (χ0) is 29.5. The minimum absolute atomic E-state index is 0.231. The summed E-state index contributed by atoms with van der Waals surface area (Å²) in [5, 5.41) is 20.2. The minimum Gasteiger partial charge on any atom is -0.312 e. The first kappa shape index (κ1) is 26.6. The average Bonchev–Trinajstić information content (AvgIpc) is 3.09. The van der Waals surface area contributed by atoms with E-state index in [-0.39, 0.29) is 12.3 Å². The molecule has 4 N–H and O–H groups in total. The van der Waals surface area contributed by atoms with Gasteiger partial charge in [-0.15, -0.1) is 0 Å². The number of nitrogens with one attached hydrogen (secondary N) is 2. The van der Waals surface area contributed by atoms with Crippen LogP contribution in [-0.4, -0.2) is 0 Å². The van der Waals surface area contributed by atoms with Crippen LogP contribution in [0.3, 0.4) is 0 Å². The maximum atomic E-state index is 6.89. The zero-order valence-electron chi connectivity index (χ0n) is 24.4. The first-order valence-corrected chi connectivity index (χ1v) is 15.3. The summed E-state index contributed by atoms with van der Waals surface area (Å²) in [5.41, 5.74) is 10.4. The van der Waals surface area contributed by atoms with Gasteiger partial charge in [-0.2, -0.15) is 0 Å². The Bertz CT molecular complexity index is 2290. The van der Waals surface area contributed by atoms with Crippen molar-refractivity contribution >= 4 is 53.9 Å². The summed E-state index contributed by atoms with van der Waals surface area (Å²) < 4.78 is 0. The van der Waals surface area contributed by atoms with E-state index in [9.17, 15) is 0 Å². The predicted molar refractivity (Wildman–Crippen MR) is 187 cm³/mol. The van der Waals surface area contributed by atoms with E-state index in [0.717, 1.165) is 5.56 Å². The number of hydrogen-bond donors (Lipinski definition) is 3. The van der Waals surface area contributed by atoms with Crippen molar-refractivity contribution in [2.75, 3.05) is 0 Å². The summed E-state index contributed by atoms with van der Waals surface area (Å²) in [5.74, 6) is 0. The standard InChI is InChI=1S/C41H33N3/c42-40(30-13-2-1-3-14-30)44-41(43-26-32-17-10-16-29-22-21-28-12-5-8-19-34(28)38(29)32)39-35-20-9-6-15-31(35)25-37-33-18-7-4-11-27(33)23-24-36(37)39/h1-25,40-41,43-44H,26,42H2. The average molecular weight is 568 g/mol. The van der Waals surface area contributed by atoms with Crippen LogP contribution >= 0.6 is 0 Å². The molecule has 0 bridgehead atoms. The summed E-state index contributed by atoms with van der Waals surface area (Å²) in [6.07, 6.45) is -0.596. The van der Waals surface area contributed by atoms with Gasteiger partial charge in [0.15, 0.2) is 0 Å². The van der Waals surface area contributed by atoms with Crippen molar-refractivity contribution < 1.29 is 0 Å². The molecule has 0 heterocycles. The highest BCUT2D eigenvalue weighted by atomic mass is 15.2. The molecule has 0 radical (unpaired) electrons. The highest BCUT2D eigenvalue weighted by Gasteiger charge is 2.22. The lowest BCUT2D eigenvalue weighted by Gasteiger charge is -2.28. The largest absolute Gasteiger partial charge is 0.312 e. The smallest absolute Gasteiger partial charge is 0.0864 e. The first-order chi connectivity index (χ1) is 21.7. The third kappa shape index (κ3) is 4.68. The van der Waals surface area contributed by atoms with E-state index in [1.54, 1.807) is 0 Å². The molecule has 2 atom stereocenters. The van der Waals surface area contributed by atoms with E-state index >= 15 is 0 Å². The van der Waals surface area contributed by atoms with Crippen LogP contribution in [0.15, 0.2) is 152 Å². The van der Waals surface area contributed by atoms with Crippen LogP contribution < -0.4 is 16.4 Å². The molecule has 0 aliphatic carbocycles. The summed E-state index contributed by atoms with van der Waals surface area (Å²) >= 11 is 0. The first-order valence-electron chi connectivity index (χ1n) is 15.3. The number of nitrogens with two attached hydrogens (primary N) is 1. The fourth-order valence-corrected chi connectivity index (χ4v) is 6.84. The van der Waals surface area contributed by atoms with Gasteiger partial charge in [-0.1, -0.05) is 146 Å². The molecule has 0 saturated carbocycles. The number of hydrogen-bond acceptors (Lipinski definition) is 3. The second-order valence-electron chi connectivity index (χ2n) is 11.6. The molecule has 0 aliphatic rings. The summed E-state index contributed by atoms with van der Waals surface area (Å²) in [7, 11) is 0. The highest BCUT2D eigenvalue weighted by molar-refractivity contribution is 6.14. The number of rotatable bonds is 7. The Hall–Kier alpha value is -5.06. The van der Waals surface area contributed by atoms with Gasteiger partial charge in [0.05, 0.1) is 12.3 Å². The SMILES string of the molecule is NC(NC(NCc1cccc2ccc3ccccc3c12)c1c2ccccc2cc2c1ccc1ccccc12)c1ccccc1. The molecule has 8 aromatic carbocycles. The lowest BCUT2D eigenvalue weighted by molar-refractivity contribution is 0.390. The summed E-state index contributed by atoms with van der Waals surface area (Å²) in [6, 6.07) is 54.2. The van der Waals surface area contributed by atoms with Crippen molar-refractivity contribution in [3.63, 3.8) is 0 Å². The molecule has 0 saturated heterocycles. The maximum Gasteiger partial charge on any atom is 0.0864 e. The third-order valence-electron chi connectivity index (χ3n) is 8.96. The lowest BCUT2D eigenvalue weighted by atomic mass is 9.91. The molecule has 3 heteroatoms. The molecule has 0 amide bonds. The molecule has 0 spiro atoms. The van der Waals surface area contributed by atoms with Crippen LogP contribution in [0.4, 0.5) is 0 Å². The molecular weight excluding hydrogens is 534 g/mol. The van der Waals surface area contributed by atoms with E-state index < -0.39 is 0 Å². The van der Waals surface area contributed by atoms with Crippen LogP contribution in [0.5, 0.6) is 0 Å². The van der Waals surface area contributed by atoms with Crippen LogP contribution in [-0.2, 0) is 6.54 Å². The Morgan fingerprint density at radius 2 is 1.09 bits per heavy atom. The van der Waals surface area contributed by atoms with E-state index in [1.165, 1.54) is 65.0 Å². The number of benzene rings is 8. The zero-order valence-corrected chi connectivity index (χ0v) is 24.4.